The van der Waals surface area contributed by atoms with Crippen molar-refractivity contribution in [1.29, 1.82) is 0 Å². The standard InChI is InChI=1S/C5H4N2OS/c8-5-4-3(1-6-5)7-2-9-4/h2H,1H2,(H,6,8). The summed E-state index contributed by atoms with van der Waals surface area (Å²) in [5.74, 6) is 0.0208. The molecule has 1 aliphatic heterocycles. The minimum Gasteiger partial charge on any atom is -0.346 e. The van der Waals surface area contributed by atoms with E-state index in [-0.39, 0.29) is 5.91 Å². The average Bonchev–Trinajstić information content (AvgIpc) is 2.35. The van der Waals surface area contributed by atoms with E-state index in [2.05, 4.69) is 10.3 Å². The van der Waals surface area contributed by atoms with Crippen molar-refractivity contribution in [3.8, 4) is 0 Å². The molecule has 0 saturated carbocycles. The van der Waals surface area contributed by atoms with Crippen LogP contribution in [-0.4, -0.2) is 10.9 Å². The molecule has 0 saturated heterocycles. The highest BCUT2D eigenvalue weighted by Gasteiger charge is 2.20. The summed E-state index contributed by atoms with van der Waals surface area (Å²) >= 11 is 1.40. The van der Waals surface area contributed by atoms with Crippen LogP contribution in [0.2, 0.25) is 0 Å². The lowest BCUT2D eigenvalue weighted by Gasteiger charge is -1.83. The lowest BCUT2D eigenvalue weighted by Crippen LogP contribution is -2.12. The Kier molecular flexibility index (Phi) is 0.843. The van der Waals surface area contributed by atoms with Crippen LogP contribution in [0.4, 0.5) is 0 Å². The number of hydrogen-bond acceptors (Lipinski definition) is 3. The van der Waals surface area contributed by atoms with Gasteiger partial charge in [-0.25, -0.2) is 4.98 Å². The van der Waals surface area contributed by atoms with Gasteiger partial charge in [-0.3, -0.25) is 4.79 Å². The van der Waals surface area contributed by atoms with Crippen molar-refractivity contribution >= 4 is 17.2 Å². The highest BCUT2D eigenvalue weighted by atomic mass is 32.1. The quantitative estimate of drug-likeness (QED) is 0.566. The van der Waals surface area contributed by atoms with Gasteiger partial charge in [-0.05, 0) is 0 Å². The Bertz CT molecular complexity index is 255. The van der Waals surface area contributed by atoms with Crippen LogP contribution in [0.3, 0.4) is 0 Å². The van der Waals surface area contributed by atoms with Crippen molar-refractivity contribution < 1.29 is 4.79 Å². The van der Waals surface area contributed by atoms with E-state index in [1.54, 1.807) is 5.51 Å². The first-order valence-electron chi connectivity index (χ1n) is 2.58. The number of thiazole rings is 1. The van der Waals surface area contributed by atoms with Crippen molar-refractivity contribution in [3.05, 3.63) is 16.1 Å². The fourth-order valence-corrected chi connectivity index (χ4v) is 1.55. The van der Waals surface area contributed by atoms with Crippen molar-refractivity contribution in [2.24, 2.45) is 0 Å². The number of aromatic nitrogens is 1. The van der Waals surface area contributed by atoms with Crippen LogP contribution in [0.25, 0.3) is 0 Å². The third-order valence-electron chi connectivity index (χ3n) is 1.26. The third-order valence-corrected chi connectivity index (χ3v) is 2.13. The van der Waals surface area contributed by atoms with Crippen molar-refractivity contribution in [3.63, 3.8) is 0 Å². The van der Waals surface area contributed by atoms with Gasteiger partial charge in [-0.1, -0.05) is 0 Å². The van der Waals surface area contributed by atoms with Gasteiger partial charge in [0.25, 0.3) is 5.91 Å². The number of rotatable bonds is 0. The normalized spacial score (nSPS) is 15.3. The molecule has 1 aliphatic rings. The van der Waals surface area contributed by atoms with E-state index in [1.165, 1.54) is 11.3 Å². The lowest BCUT2D eigenvalue weighted by atomic mass is 10.4. The second kappa shape index (κ2) is 1.54. The van der Waals surface area contributed by atoms with Crippen molar-refractivity contribution in [1.82, 2.24) is 10.3 Å². The molecule has 1 aromatic heterocycles. The van der Waals surface area contributed by atoms with E-state index >= 15 is 0 Å². The molecular formula is C5H4N2OS. The van der Waals surface area contributed by atoms with Gasteiger partial charge in [0.1, 0.15) is 4.88 Å². The summed E-state index contributed by atoms with van der Waals surface area (Å²) in [7, 11) is 0. The summed E-state index contributed by atoms with van der Waals surface area (Å²) in [6, 6.07) is 0. The van der Waals surface area contributed by atoms with Crippen LogP contribution < -0.4 is 5.32 Å². The Balaban J connectivity index is 2.61. The highest BCUT2D eigenvalue weighted by Crippen LogP contribution is 2.17. The maximum Gasteiger partial charge on any atom is 0.263 e. The second-order valence-corrected chi connectivity index (χ2v) is 2.67. The number of hydrogen-bond donors (Lipinski definition) is 1. The predicted molar refractivity (Wildman–Crippen MR) is 33.3 cm³/mol. The molecule has 1 aromatic rings. The number of nitrogens with one attached hydrogen (secondary N) is 1. The lowest BCUT2D eigenvalue weighted by molar-refractivity contribution is 0.0969. The van der Waals surface area contributed by atoms with Gasteiger partial charge in [0.2, 0.25) is 0 Å². The molecule has 2 rings (SSSR count). The van der Waals surface area contributed by atoms with E-state index in [4.69, 9.17) is 0 Å². The fourth-order valence-electron chi connectivity index (χ4n) is 0.824. The van der Waals surface area contributed by atoms with E-state index in [0.717, 1.165) is 10.6 Å². The van der Waals surface area contributed by atoms with E-state index in [1.807, 2.05) is 0 Å². The maximum atomic E-state index is 10.8. The number of carbonyl (C=O) groups is 1. The summed E-state index contributed by atoms with van der Waals surface area (Å²) in [5.41, 5.74) is 2.59. The van der Waals surface area contributed by atoms with Crippen LogP contribution in [0.15, 0.2) is 5.51 Å². The van der Waals surface area contributed by atoms with Crippen LogP contribution in [-0.2, 0) is 6.54 Å². The summed E-state index contributed by atoms with van der Waals surface area (Å²) in [6.07, 6.45) is 0. The molecule has 1 N–H and O–H groups in total. The van der Waals surface area contributed by atoms with Gasteiger partial charge >= 0.3 is 0 Å². The zero-order valence-electron chi connectivity index (χ0n) is 4.55. The summed E-state index contributed by atoms with van der Waals surface area (Å²) in [4.78, 5) is 15.5. The summed E-state index contributed by atoms with van der Waals surface area (Å²) in [5, 5.41) is 2.67. The maximum absolute atomic E-state index is 10.8. The zero-order chi connectivity index (χ0) is 6.27. The molecule has 4 heteroatoms. The number of amides is 1. The number of fused-ring (bicyclic) bond motifs is 1. The van der Waals surface area contributed by atoms with Crippen molar-refractivity contribution in [2.45, 2.75) is 6.54 Å². The molecule has 0 unspecified atom stereocenters. The van der Waals surface area contributed by atoms with Crippen molar-refractivity contribution in [2.75, 3.05) is 0 Å². The molecule has 2 heterocycles. The molecule has 1 amide bonds. The van der Waals surface area contributed by atoms with Gasteiger partial charge in [0.05, 0.1) is 17.7 Å². The first-order chi connectivity index (χ1) is 4.38. The summed E-state index contributed by atoms with van der Waals surface area (Å²) < 4.78 is 0. The molecule has 0 radical (unpaired) electrons. The van der Waals surface area contributed by atoms with Crippen LogP contribution in [0.5, 0.6) is 0 Å². The molecule has 0 aromatic carbocycles. The molecular weight excluding hydrogens is 136 g/mol. The first kappa shape index (κ1) is 4.93. The van der Waals surface area contributed by atoms with Gasteiger partial charge in [0.15, 0.2) is 0 Å². The van der Waals surface area contributed by atoms with Crippen LogP contribution in [0, 0.1) is 0 Å². The molecule has 0 bridgehead atoms. The van der Waals surface area contributed by atoms with Gasteiger partial charge in [-0.2, -0.15) is 0 Å². The largest absolute Gasteiger partial charge is 0.346 e. The SMILES string of the molecule is O=C1NCc2ncsc21. The van der Waals surface area contributed by atoms with Crippen LogP contribution >= 0.6 is 11.3 Å². The molecule has 0 aliphatic carbocycles. The first-order valence-corrected chi connectivity index (χ1v) is 3.46. The smallest absolute Gasteiger partial charge is 0.263 e. The van der Waals surface area contributed by atoms with E-state index in [9.17, 15) is 4.79 Å². The molecule has 0 fully saturated rings. The Morgan fingerprint density at radius 2 is 2.67 bits per heavy atom. The number of carbonyl (C=O) groups excluding carboxylic acids is 1. The molecule has 9 heavy (non-hydrogen) atoms. The average molecular weight is 140 g/mol. The zero-order valence-corrected chi connectivity index (χ0v) is 5.36. The monoisotopic (exact) mass is 140 g/mol. The topological polar surface area (TPSA) is 42.0 Å². The minimum atomic E-state index is 0.0208. The second-order valence-electron chi connectivity index (χ2n) is 1.81. The third kappa shape index (κ3) is 0.564. The predicted octanol–water partition coefficient (Wildman–Crippen LogP) is 0.387. The molecule has 3 nitrogen and oxygen atoms in total. The Morgan fingerprint density at radius 1 is 1.78 bits per heavy atom. The number of nitrogens with zero attached hydrogens (tertiary/aromatic N) is 1. The van der Waals surface area contributed by atoms with E-state index < -0.39 is 0 Å². The fraction of sp³-hybridized carbons (Fsp3) is 0.200. The molecule has 0 spiro atoms. The molecule has 46 valence electrons. The van der Waals surface area contributed by atoms with Gasteiger partial charge in [-0.15, -0.1) is 11.3 Å². The Morgan fingerprint density at radius 3 is 3.44 bits per heavy atom. The molecule has 0 atom stereocenters. The van der Waals surface area contributed by atoms with Gasteiger partial charge in [0, 0.05) is 0 Å². The minimum absolute atomic E-state index is 0.0208. The summed E-state index contributed by atoms with van der Waals surface area (Å²) in [6.45, 7) is 0.609. The highest BCUT2D eigenvalue weighted by molar-refractivity contribution is 7.12. The Hall–Kier alpha value is -0.900. The Labute approximate surface area is 55.7 Å². The van der Waals surface area contributed by atoms with Gasteiger partial charge < -0.3 is 5.32 Å². The van der Waals surface area contributed by atoms with Crippen LogP contribution in [0.1, 0.15) is 15.4 Å². The van der Waals surface area contributed by atoms with E-state index in [0.29, 0.717) is 6.54 Å².